The first-order chi connectivity index (χ1) is 17.2. The van der Waals surface area contributed by atoms with E-state index in [1.807, 2.05) is 29.2 Å². The van der Waals surface area contributed by atoms with E-state index in [1.165, 1.54) is 24.0 Å². The lowest BCUT2D eigenvalue weighted by molar-refractivity contribution is -0.130. The van der Waals surface area contributed by atoms with E-state index in [1.54, 1.807) is 7.11 Å². The molecular formula is C29H37N3O3. The number of carbonyl (C=O) groups is 2. The molecule has 2 atom stereocenters. The summed E-state index contributed by atoms with van der Waals surface area (Å²) in [4.78, 5) is 31.2. The van der Waals surface area contributed by atoms with Gasteiger partial charge in [-0.05, 0) is 61.3 Å². The summed E-state index contributed by atoms with van der Waals surface area (Å²) in [7, 11) is 1.60. The van der Waals surface area contributed by atoms with E-state index in [2.05, 4.69) is 34.5 Å². The Labute approximate surface area is 208 Å². The lowest BCUT2D eigenvalue weighted by atomic mass is 9.87. The summed E-state index contributed by atoms with van der Waals surface area (Å²) < 4.78 is 5.40. The van der Waals surface area contributed by atoms with Gasteiger partial charge in [-0.3, -0.25) is 14.5 Å². The Morgan fingerprint density at radius 2 is 1.63 bits per heavy atom. The SMILES string of the molecule is COc1ccccc1C(=O)N1CCN(C(C(=O)NC2CCCc3ccccc32)C2CCCC2)CC1. The highest BCUT2D eigenvalue weighted by Gasteiger charge is 2.38. The molecule has 1 aliphatic heterocycles. The molecule has 6 heteroatoms. The van der Waals surface area contributed by atoms with Gasteiger partial charge in [-0.1, -0.05) is 49.2 Å². The van der Waals surface area contributed by atoms with Gasteiger partial charge in [0.25, 0.3) is 5.91 Å². The van der Waals surface area contributed by atoms with Crippen LogP contribution in [0.2, 0.25) is 0 Å². The molecular weight excluding hydrogens is 438 g/mol. The average Bonchev–Trinajstić information content (AvgIpc) is 3.43. The second-order valence-electron chi connectivity index (χ2n) is 10.2. The zero-order valence-electron chi connectivity index (χ0n) is 20.7. The standard InChI is InChI=1S/C29H37N3O3/c1-35-26-16-7-6-14-24(26)29(34)32-19-17-31(18-20-32)27(22-10-2-3-11-22)28(33)30-25-15-8-12-21-9-4-5-13-23(21)25/h4-7,9,13-14,16,22,25,27H,2-3,8,10-12,15,17-20H2,1H3,(H,30,33). The van der Waals surface area contributed by atoms with Crippen LogP contribution in [-0.2, 0) is 11.2 Å². The van der Waals surface area contributed by atoms with Crippen molar-refractivity contribution in [2.75, 3.05) is 33.3 Å². The fraction of sp³-hybridized carbons (Fsp3) is 0.517. The minimum atomic E-state index is -0.116. The van der Waals surface area contributed by atoms with Crippen LogP contribution in [0.25, 0.3) is 0 Å². The van der Waals surface area contributed by atoms with E-state index in [9.17, 15) is 9.59 Å². The molecule has 6 nitrogen and oxygen atoms in total. The van der Waals surface area contributed by atoms with Crippen LogP contribution >= 0.6 is 0 Å². The van der Waals surface area contributed by atoms with Crippen molar-refractivity contribution in [3.8, 4) is 5.75 Å². The lowest BCUT2D eigenvalue weighted by Crippen LogP contribution is -2.58. The van der Waals surface area contributed by atoms with Crippen molar-refractivity contribution in [3.63, 3.8) is 0 Å². The molecule has 0 aromatic heterocycles. The number of nitrogens with one attached hydrogen (secondary N) is 1. The first kappa shape index (κ1) is 23.9. The van der Waals surface area contributed by atoms with Gasteiger partial charge in [0.15, 0.2) is 0 Å². The van der Waals surface area contributed by atoms with Crippen LogP contribution in [0.5, 0.6) is 5.75 Å². The highest BCUT2D eigenvalue weighted by molar-refractivity contribution is 5.97. The van der Waals surface area contributed by atoms with Crippen molar-refractivity contribution >= 4 is 11.8 Å². The van der Waals surface area contributed by atoms with Crippen molar-refractivity contribution < 1.29 is 14.3 Å². The number of rotatable bonds is 6. The number of amides is 2. The predicted molar refractivity (Wildman–Crippen MR) is 136 cm³/mol. The molecule has 186 valence electrons. The fourth-order valence-electron chi connectivity index (χ4n) is 6.31. The number of carbonyl (C=O) groups excluding carboxylic acids is 2. The van der Waals surface area contributed by atoms with Crippen molar-refractivity contribution in [2.45, 2.75) is 57.0 Å². The molecule has 0 bridgehead atoms. The quantitative estimate of drug-likeness (QED) is 0.680. The second-order valence-corrected chi connectivity index (χ2v) is 10.2. The molecule has 2 amide bonds. The van der Waals surface area contributed by atoms with Gasteiger partial charge < -0.3 is 15.0 Å². The number of hydrogen-bond donors (Lipinski definition) is 1. The summed E-state index contributed by atoms with van der Waals surface area (Å²) in [5, 5.41) is 3.45. The molecule has 35 heavy (non-hydrogen) atoms. The predicted octanol–water partition coefficient (Wildman–Crippen LogP) is 4.21. The van der Waals surface area contributed by atoms with E-state index < -0.39 is 0 Å². The Morgan fingerprint density at radius 1 is 0.914 bits per heavy atom. The summed E-state index contributed by atoms with van der Waals surface area (Å²) in [6.45, 7) is 2.69. The van der Waals surface area contributed by atoms with Gasteiger partial charge in [0, 0.05) is 26.2 Å². The maximum Gasteiger partial charge on any atom is 0.257 e. The normalized spacial score (nSPS) is 21.9. The maximum atomic E-state index is 13.8. The number of benzene rings is 2. The smallest absolute Gasteiger partial charge is 0.257 e. The Kier molecular flexibility index (Phi) is 7.37. The molecule has 1 heterocycles. The number of para-hydroxylation sites is 1. The van der Waals surface area contributed by atoms with E-state index in [0.717, 1.165) is 45.2 Å². The molecule has 1 saturated carbocycles. The van der Waals surface area contributed by atoms with Crippen LogP contribution in [-0.4, -0.2) is 60.9 Å². The molecule has 3 aliphatic rings. The topological polar surface area (TPSA) is 61.9 Å². The van der Waals surface area contributed by atoms with Gasteiger partial charge in [-0.2, -0.15) is 0 Å². The first-order valence-electron chi connectivity index (χ1n) is 13.2. The van der Waals surface area contributed by atoms with Crippen LogP contribution in [0.15, 0.2) is 48.5 Å². The molecule has 2 fully saturated rings. The Bertz CT molecular complexity index is 1040. The number of piperazine rings is 1. The minimum Gasteiger partial charge on any atom is -0.496 e. The number of nitrogens with zero attached hydrogens (tertiary/aromatic N) is 2. The lowest BCUT2D eigenvalue weighted by Gasteiger charge is -2.41. The zero-order chi connectivity index (χ0) is 24.2. The molecule has 1 N–H and O–H groups in total. The zero-order valence-corrected chi connectivity index (χ0v) is 20.7. The summed E-state index contributed by atoms with van der Waals surface area (Å²) in [5.74, 6) is 1.17. The van der Waals surface area contributed by atoms with E-state index >= 15 is 0 Å². The summed E-state index contributed by atoms with van der Waals surface area (Å²) in [6.07, 6.45) is 7.83. The molecule has 2 unspecified atom stereocenters. The van der Waals surface area contributed by atoms with Crippen molar-refractivity contribution in [1.29, 1.82) is 0 Å². The minimum absolute atomic E-state index is 0.00257. The Hall–Kier alpha value is -2.86. The van der Waals surface area contributed by atoms with Crippen LogP contribution < -0.4 is 10.1 Å². The molecule has 2 aromatic rings. The summed E-state index contributed by atoms with van der Waals surface area (Å²) >= 11 is 0. The third-order valence-corrected chi connectivity index (χ3v) is 8.13. The van der Waals surface area contributed by atoms with E-state index in [-0.39, 0.29) is 23.9 Å². The summed E-state index contributed by atoms with van der Waals surface area (Å²) in [5.41, 5.74) is 3.25. The fourth-order valence-corrected chi connectivity index (χ4v) is 6.31. The van der Waals surface area contributed by atoms with Gasteiger partial charge in [0.2, 0.25) is 5.91 Å². The van der Waals surface area contributed by atoms with Gasteiger partial charge in [0.05, 0.1) is 24.8 Å². The van der Waals surface area contributed by atoms with Gasteiger partial charge in [-0.15, -0.1) is 0 Å². The van der Waals surface area contributed by atoms with Crippen molar-refractivity contribution in [3.05, 3.63) is 65.2 Å². The van der Waals surface area contributed by atoms with E-state index in [0.29, 0.717) is 30.3 Å². The van der Waals surface area contributed by atoms with Crippen LogP contribution in [0.4, 0.5) is 0 Å². The van der Waals surface area contributed by atoms with Gasteiger partial charge >= 0.3 is 0 Å². The van der Waals surface area contributed by atoms with Crippen molar-refractivity contribution in [1.82, 2.24) is 15.1 Å². The third-order valence-electron chi connectivity index (χ3n) is 8.13. The second kappa shape index (κ2) is 10.8. The average molecular weight is 476 g/mol. The molecule has 0 radical (unpaired) electrons. The Morgan fingerprint density at radius 3 is 2.40 bits per heavy atom. The summed E-state index contributed by atoms with van der Waals surface area (Å²) in [6, 6.07) is 15.9. The van der Waals surface area contributed by atoms with E-state index in [4.69, 9.17) is 4.74 Å². The number of aryl methyl sites for hydroxylation is 1. The molecule has 5 rings (SSSR count). The molecule has 2 aromatic carbocycles. The molecule has 2 aliphatic carbocycles. The highest BCUT2D eigenvalue weighted by atomic mass is 16.5. The van der Waals surface area contributed by atoms with Gasteiger partial charge in [0.1, 0.15) is 5.75 Å². The van der Waals surface area contributed by atoms with Crippen LogP contribution in [0.1, 0.15) is 66.1 Å². The first-order valence-corrected chi connectivity index (χ1v) is 13.2. The van der Waals surface area contributed by atoms with Crippen LogP contribution in [0.3, 0.4) is 0 Å². The molecule has 1 saturated heterocycles. The van der Waals surface area contributed by atoms with Crippen LogP contribution in [0, 0.1) is 5.92 Å². The maximum absolute atomic E-state index is 13.8. The highest BCUT2D eigenvalue weighted by Crippen LogP contribution is 2.34. The number of methoxy groups -OCH3 is 1. The monoisotopic (exact) mass is 475 g/mol. The number of ether oxygens (including phenoxy) is 1. The van der Waals surface area contributed by atoms with Crippen molar-refractivity contribution in [2.24, 2.45) is 5.92 Å². The van der Waals surface area contributed by atoms with Gasteiger partial charge in [-0.25, -0.2) is 0 Å². The Balaban J connectivity index is 1.27. The number of hydrogen-bond acceptors (Lipinski definition) is 4. The number of fused-ring (bicyclic) bond motifs is 1. The molecule has 0 spiro atoms. The third kappa shape index (κ3) is 5.08. The largest absolute Gasteiger partial charge is 0.496 e.